The third-order valence-corrected chi connectivity index (χ3v) is 3.91. The van der Waals surface area contributed by atoms with Gasteiger partial charge in [-0.05, 0) is 13.3 Å². The molecule has 1 amide bonds. The zero-order valence-corrected chi connectivity index (χ0v) is 12.8. The van der Waals surface area contributed by atoms with Crippen LogP contribution in [0.2, 0.25) is 5.15 Å². The van der Waals surface area contributed by atoms with Gasteiger partial charge in [-0.2, -0.15) is 0 Å². The molecule has 2 aromatic rings. The molecule has 1 heterocycles. The fourth-order valence-electron chi connectivity index (χ4n) is 1.97. The Kier molecular flexibility index (Phi) is 4.23. The minimum absolute atomic E-state index is 0.0621. The highest BCUT2D eigenvalue weighted by atomic mass is 35.5. The van der Waals surface area contributed by atoms with E-state index >= 15 is 0 Å². The number of rotatable bonds is 4. The van der Waals surface area contributed by atoms with E-state index in [1.165, 1.54) is 6.92 Å². The lowest BCUT2D eigenvalue weighted by atomic mass is 9.99. The van der Waals surface area contributed by atoms with Gasteiger partial charge in [-0.1, -0.05) is 42.8 Å². The zero-order chi connectivity index (χ0) is 16.5. The molecule has 0 saturated heterocycles. The Morgan fingerprint density at radius 2 is 1.91 bits per heavy atom. The van der Waals surface area contributed by atoms with Gasteiger partial charge in [-0.3, -0.25) is 4.79 Å². The van der Waals surface area contributed by atoms with E-state index < -0.39 is 17.4 Å². The highest BCUT2D eigenvalue weighted by Crippen LogP contribution is 2.32. The second kappa shape index (κ2) is 5.81. The molecule has 7 heteroatoms. The number of amides is 1. The van der Waals surface area contributed by atoms with E-state index in [1.54, 1.807) is 31.2 Å². The number of pyridine rings is 1. The number of benzene rings is 1. The van der Waals surface area contributed by atoms with Crippen LogP contribution in [-0.4, -0.2) is 32.6 Å². The fraction of sp³-hybridized carbons (Fsp3) is 0.267. The van der Waals surface area contributed by atoms with Crippen molar-refractivity contribution in [2.24, 2.45) is 0 Å². The average molecular weight is 323 g/mol. The van der Waals surface area contributed by atoms with Crippen LogP contribution in [0.1, 0.15) is 30.8 Å². The monoisotopic (exact) mass is 322 g/mol. The second-order valence-electron chi connectivity index (χ2n) is 5.09. The number of fused-ring (bicyclic) bond motifs is 1. The number of hydrogen-bond donors (Lipinski definition) is 3. The quantitative estimate of drug-likeness (QED) is 0.751. The number of halogens is 1. The minimum Gasteiger partial charge on any atom is -0.505 e. The summed E-state index contributed by atoms with van der Waals surface area (Å²) in [5.41, 5.74) is -1.76. The number of carboxylic acids is 1. The molecule has 1 aromatic carbocycles. The van der Waals surface area contributed by atoms with Crippen LogP contribution in [0.3, 0.4) is 0 Å². The predicted molar refractivity (Wildman–Crippen MR) is 82.2 cm³/mol. The number of carbonyl (C=O) groups is 2. The van der Waals surface area contributed by atoms with Gasteiger partial charge >= 0.3 is 5.97 Å². The molecule has 0 radical (unpaired) electrons. The van der Waals surface area contributed by atoms with Crippen molar-refractivity contribution in [3.63, 3.8) is 0 Å². The summed E-state index contributed by atoms with van der Waals surface area (Å²) in [6.45, 7) is 3.02. The Balaban J connectivity index is 2.49. The lowest BCUT2D eigenvalue weighted by molar-refractivity contribution is -0.143. The van der Waals surface area contributed by atoms with Crippen molar-refractivity contribution in [2.75, 3.05) is 0 Å². The minimum atomic E-state index is -1.46. The maximum atomic E-state index is 12.3. The first-order valence-electron chi connectivity index (χ1n) is 6.63. The van der Waals surface area contributed by atoms with Crippen LogP contribution in [-0.2, 0) is 4.79 Å². The van der Waals surface area contributed by atoms with Crippen molar-refractivity contribution < 1.29 is 19.8 Å². The summed E-state index contributed by atoms with van der Waals surface area (Å²) in [6, 6.07) is 6.69. The van der Waals surface area contributed by atoms with Crippen LogP contribution in [0.15, 0.2) is 24.3 Å². The van der Waals surface area contributed by atoms with Crippen molar-refractivity contribution >= 4 is 34.2 Å². The van der Waals surface area contributed by atoms with Crippen LogP contribution >= 0.6 is 11.6 Å². The predicted octanol–water partition coefficient (Wildman–Crippen LogP) is 2.58. The Labute approximate surface area is 131 Å². The van der Waals surface area contributed by atoms with E-state index in [0.29, 0.717) is 10.8 Å². The molecule has 0 aliphatic heterocycles. The van der Waals surface area contributed by atoms with E-state index in [2.05, 4.69) is 10.3 Å². The van der Waals surface area contributed by atoms with Gasteiger partial charge in [0.15, 0.2) is 11.4 Å². The number of carboxylic acid groups (broad SMARTS) is 1. The lowest BCUT2D eigenvalue weighted by Gasteiger charge is -2.24. The molecule has 0 bridgehead atoms. The Hall–Kier alpha value is -2.34. The van der Waals surface area contributed by atoms with Gasteiger partial charge in [0.05, 0.1) is 0 Å². The van der Waals surface area contributed by atoms with Crippen molar-refractivity contribution in [2.45, 2.75) is 25.8 Å². The number of aliphatic carboxylic acids is 1. The molecule has 0 saturated carbocycles. The Morgan fingerprint density at radius 3 is 2.45 bits per heavy atom. The molecule has 0 unspecified atom stereocenters. The molecule has 22 heavy (non-hydrogen) atoms. The first kappa shape index (κ1) is 16.0. The first-order chi connectivity index (χ1) is 10.3. The van der Waals surface area contributed by atoms with Crippen LogP contribution in [0.5, 0.6) is 5.75 Å². The number of aromatic nitrogens is 1. The third-order valence-electron chi connectivity index (χ3n) is 3.62. The maximum Gasteiger partial charge on any atom is 0.329 e. The summed E-state index contributed by atoms with van der Waals surface area (Å²) < 4.78 is 0. The number of hydrogen-bond acceptors (Lipinski definition) is 4. The number of nitrogens with zero attached hydrogens (tertiary/aromatic N) is 1. The summed E-state index contributed by atoms with van der Waals surface area (Å²) in [7, 11) is 0. The Bertz CT molecular complexity index is 763. The van der Waals surface area contributed by atoms with Gasteiger partial charge in [0.25, 0.3) is 5.91 Å². The summed E-state index contributed by atoms with van der Waals surface area (Å²) in [4.78, 5) is 27.4. The first-order valence-corrected chi connectivity index (χ1v) is 7.01. The van der Waals surface area contributed by atoms with Crippen LogP contribution in [0, 0.1) is 0 Å². The maximum absolute atomic E-state index is 12.3. The average Bonchev–Trinajstić information content (AvgIpc) is 2.50. The van der Waals surface area contributed by atoms with E-state index in [1.807, 2.05) is 0 Å². The molecule has 116 valence electrons. The van der Waals surface area contributed by atoms with E-state index in [-0.39, 0.29) is 23.0 Å². The highest BCUT2D eigenvalue weighted by molar-refractivity contribution is 6.34. The SMILES string of the molecule is CC[C@](C)(NC(=O)c1nc(Cl)c2ccccc2c1O)C(=O)O. The van der Waals surface area contributed by atoms with Gasteiger partial charge in [0.1, 0.15) is 10.7 Å². The van der Waals surface area contributed by atoms with Crippen LogP contribution in [0.4, 0.5) is 0 Å². The van der Waals surface area contributed by atoms with Gasteiger partial charge in [-0.25, -0.2) is 9.78 Å². The number of nitrogens with one attached hydrogen (secondary N) is 1. The molecule has 1 atom stereocenters. The van der Waals surface area contributed by atoms with Gasteiger partial charge in [0, 0.05) is 10.8 Å². The summed E-state index contributed by atoms with van der Waals surface area (Å²) in [6.07, 6.45) is 0.177. The molecular weight excluding hydrogens is 308 g/mol. The van der Waals surface area contributed by atoms with Crippen molar-refractivity contribution in [3.8, 4) is 5.75 Å². The highest BCUT2D eigenvalue weighted by Gasteiger charge is 2.34. The fourth-order valence-corrected chi connectivity index (χ4v) is 2.22. The van der Waals surface area contributed by atoms with E-state index in [4.69, 9.17) is 11.6 Å². The molecule has 0 aliphatic carbocycles. The van der Waals surface area contributed by atoms with Gasteiger partial charge in [-0.15, -0.1) is 0 Å². The summed E-state index contributed by atoms with van der Waals surface area (Å²) >= 11 is 6.03. The third kappa shape index (κ3) is 2.69. The van der Waals surface area contributed by atoms with Crippen LogP contribution in [0.25, 0.3) is 10.8 Å². The Morgan fingerprint density at radius 1 is 1.32 bits per heavy atom. The number of aromatic hydroxyl groups is 1. The molecule has 2 rings (SSSR count). The normalized spacial score (nSPS) is 13.6. The van der Waals surface area contributed by atoms with Crippen molar-refractivity contribution in [1.29, 1.82) is 0 Å². The molecule has 3 N–H and O–H groups in total. The topological polar surface area (TPSA) is 99.5 Å². The van der Waals surface area contributed by atoms with Crippen molar-refractivity contribution in [3.05, 3.63) is 35.1 Å². The van der Waals surface area contributed by atoms with E-state index in [9.17, 15) is 19.8 Å². The smallest absolute Gasteiger partial charge is 0.329 e. The lowest BCUT2D eigenvalue weighted by Crippen LogP contribution is -2.51. The van der Waals surface area contributed by atoms with Gasteiger partial charge < -0.3 is 15.5 Å². The van der Waals surface area contributed by atoms with Crippen LogP contribution < -0.4 is 5.32 Å². The molecular formula is C15H15ClN2O4. The standard InChI is InChI=1S/C15H15ClN2O4/c1-3-15(2,14(21)22)18-13(20)10-11(19)8-6-4-5-7-9(8)12(16)17-10/h4-7,19H,3H2,1-2H3,(H,18,20)(H,21,22)/t15-/m0/s1. The summed E-state index contributed by atoms with van der Waals surface area (Å²) in [5, 5.41) is 22.7. The zero-order valence-electron chi connectivity index (χ0n) is 12.1. The summed E-state index contributed by atoms with van der Waals surface area (Å²) in [5.74, 6) is -2.30. The molecule has 0 aliphatic rings. The van der Waals surface area contributed by atoms with Gasteiger partial charge in [0.2, 0.25) is 0 Å². The molecule has 6 nitrogen and oxygen atoms in total. The second-order valence-corrected chi connectivity index (χ2v) is 5.45. The molecule has 0 spiro atoms. The van der Waals surface area contributed by atoms with Crippen molar-refractivity contribution in [1.82, 2.24) is 10.3 Å². The molecule has 0 fully saturated rings. The number of carbonyl (C=O) groups excluding carboxylic acids is 1. The largest absolute Gasteiger partial charge is 0.505 e. The van der Waals surface area contributed by atoms with E-state index in [0.717, 1.165) is 0 Å². The molecule has 1 aromatic heterocycles.